The molecular weight excluding hydrogens is 292 g/mol. The summed E-state index contributed by atoms with van der Waals surface area (Å²) in [5, 5.41) is 2.82. The molecule has 3 nitrogen and oxygen atoms in total. The molecule has 0 fully saturated rings. The van der Waals surface area contributed by atoms with Crippen LogP contribution in [0.1, 0.15) is 5.69 Å². The predicted molar refractivity (Wildman–Crippen MR) is 63.4 cm³/mol. The Morgan fingerprint density at radius 3 is 2.71 bits per heavy atom. The first-order chi connectivity index (χ1) is 8.16. The summed E-state index contributed by atoms with van der Waals surface area (Å²) in [7, 11) is 0. The van der Waals surface area contributed by atoms with Crippen molar-refractivity contribution in [1.29, 1.82) is 0 Å². The molecule has 0 amide bonds. The van der Waals surface area contributed by atoms with Crippen LogP contribution in [0.3, 0.4) is 0 Å². The van der Waals surface area contributed by atoms with Crippen LogP contribution >= 0.6 is 15.9 Å². The molecule has 0 spiro atoms. The van der Waals surface area contributed by atoms with Crippen molar-refractivity contribution in [2.45, 2.75) is 6.54 Å². The normalized spacial score (nSPS) is 10.3. The van der Waals surface area contributed by atoms with E-state index in [1.807, 2.05) is 0 Å². The molecule has 0 atom stereocenters. The van der Waals surface area contributed by atoms with Gasteiger partial charge in [-0.15, -0.1) is 0 Å². The topological polar surface area (TPSA) is 37.8 Å². The highest BCUT2D eigenvalue weighted by atomic mass is 79.9. The summed E-state index contributed by atoms with van der Waals surface area (Å²) in [5.41, 5.74) is 0.885. The first kappa shape index (κ1) is 11.9. The van der Waals surface area contributed by atoms with Crippen LogP contribution in [0.4, 0.5) is 14.5 Å². The van der Waals surface area contributed by atoms with Crippen LogP contribution < -0.4 is 5.32 Å². The van der Waals surface area contributed by atoms with Crippen LogP contribution in [-0.4, -0.2) is 9.97 Å². The van der Waals surface area contributed by atoms with Gasteiger partial charge in [0.1, 0.15) is 11.6 Å². The van der Waals surface area contributed by atoms with Crippen molar-refractivity contribution in [2.75, 3.05) is 5.32 Å². The molecule has 1 heterocycles. The van der Waals surface area contributed by atoms with Gasteiger partial charge in [-0.05, 0) is 22.0 Å². The molecule has 2 rings (SSSR count). The Balaban J connectivity index is 2.12. The first-order valence-electron chi connectivity index (χ1n) is 4.80. The van der Waals surface area contributed by atoms with Crippen LogP contribution in [0, 0.1) is 11.6 Å². The number of rotatable bonds is 3. The Hall–Kier alpha value is -1.56. The van der Waals surface area contributed by atoms with E-state index in [9.17, 15) is 8.78 Å². The monoisotopic (exact) mass is 299 g/mol. The summed E-state index contributed by atoms with van der Waals surface area (Å²) in [6.07, 6.45) is 4.68. The van der Waals surface area contributed by atoms with Crippen LogP contribution in [0.25, 0.3) is 0 Å². The molecule has 1 aromatic heterocycles. The highest BCUT2D eigenvalue weighted by Crippen LogP contribution is 2.23. The molecule has 1 aromatic carbocycles. The second-order valence-corrected chi connectivity index (χ2v) is 4.15. The summed E-state index contributed by atoms with van der Waals surface area (Å²) in [6, 6.07) is 2.17. The number of nitrogens with one attached hydrogen (secondary N) is 1. The zero-order valence-corrected chi connectivity index (χ0v) is 10.2. The molecule has 0 unspecified atom stereocenters. The summed E-state index contributed by atoms with van der Waals surface area (Å²) in [6.45, 7) is 0.322. The summed E-state index contributed by atoms with van der Waals surface area (Å²) >= 11 is 3.00. The Morgan fingerprint density at radius 1 is 1.18 bits per heavy atom. The second-order valence-electron chi connectivity index (χ2n) is 3.30. The van der Waals surface area contributed by atoms with Crippen molar-refractivity contribution in [1.82, 2.24) is 9.97 Å². The zero-order chi connectivity index (χ0) is 12.3. The van der Waals surface area contributed by atoms with Crippen LogP contribution in [0.2, 0.25) is 0 Å². The zero-order valence-electron chi connectivity index (χ0n) is 8.62. The average Bonchev–Trinajstić information content (AvgIpc) is 2.33. The van der Waals surface area contributed by atoms with Crippen molar-refractivity contribution in [3.63, 3.8) is 0 Å². The highest BCUT2D eigenvalue weighted by Gasteiger charge is 2.07. The van der Waals surface area contributed by atoms with Crippen LogP contribution in [0.15, 0.2) is 35.2 Å². The highest BCUT2D eigenvalue weighted by molar-refractivity contribution is 9.10. The van der Waals surface area contributed by atoms with Gasteiger partial charge in [0.2, 0.25) is 0 Å². The van der Waals surface area contributed by atoms with Gasteiger partial charge in [-0.1, -0.05) is 0 Å². The molecule has 88 valence electrons. The fourth-order valence-corrected chi connectivity index (χ4v) is 1.61. The molecule has 0 bridgehead atoms. The molecule has 1 N–H and O–H groups in total. The van der Waals surface area contributed by atoms with Crippen molar-refractivity contribution in [3.05, 3.63) is 52.5 Å². The minimum Gasteiger partial charge on any atom is -0.377 e. The number of benzene rings is 1. The number of nitrogens with zero attached hydrogens (tertiary/aromatic N) is 2. The van der Waals surface area contributed by atoms with Crippen molar-refractivity contribution >= 4 is 21.6 Å². The van der Waals surface area contributed by atoms with E-state index >= 15 is 0 Å². The third-order valence-electron chi connectivity index (χ3n) is 2.09. The maximum atomic E-state index is 13.4. The van der Waals surface area contributed by atoms with E-state index in [2.05, 4.69) is 31.2 Å². The molecule has 2 aromatic rings. The first-order valence-corrected chi connectivity index (χ1v) is 5.59. The van der Waals surface area contributed by atoms with E-state index in [1.165, 1.54) is 6.07 Å². The smallest absolute Gasteiger partial charge is 0.149 e. The van der Waals surface area contributed by atoms with Gasteiger partial charge in [-0.3, -0.25) is 9.97 Å². The van der Waals surface area contributed by atoms with E-state index in [4.69, 9.17) is 0 Å². The van der Waals surface area contributed by atoms with Gasteiger partial charge < -0.3 is 5.32 Å². The Bertz CT molecular complexity index is 520. The Morgan fingerprint density at radius 2 is 2.00 bits per heavy atom. The van der Waals surface area contributed by atoms with Gasteiger partial charge in [0, 0.05) is 18.5 Å². The number of halogens is 3. The lowest BCUT2D eigenvalue weighted by Crippen LogP contribution is -2.04. The predicted octanol–water partition coefficient (Wildman–Crippen LogP) is 3.13. The van der Waals surface area contributed by atoms with Gasteiger partial charge in [0.15, 0.2) is 0 Å². The standard InChI is InChI=1S/C11H8BrF2N3/c12-8-3-11(10(14)4-9(8)13)17-6-7-5-15-1-2-16-7/h1-5,17H,6H2. The third-order valence-corrected chi connectivity index (χ3v) is 2.69. The lowest BCUT2D eigenvalue weighted by molar-refractivity contribution is 0.580. The molecular formula is C11H8BrF2N3. The molecule has 6 heteroatoms. The quantitative estimate of drug-likeness (QED) is 0.885. The largest absolute Gasteiger partial charge is 0.377 e. The van der Waals surface area contributed by atoms with E-state index in [-0.39, 0.29) is 10.2 Å². The number of hydrogen-bond acceptors (Lipinski definition) is 3. The lowest BCUT2D eigenvalue weighted by Gasteiger charge is -2.07. The van der Waals surface area contributed by atoms with Crippen molar-refractivity contribution < 1.29 is 8.78 Å². The minimum atomic E-state index is -0.644. The SMILES string of the molecule is Fc1cc(F)c(NCc2cnccn2)cc1Br. The van der Waals surface area contributed by atoms with Gasteiger partial charge in [0.25, 0.3) is 0 Å². The van der Waals surface area contributed by atoms with E-state index in [1.54, 1.807) is 18.6 Å². The minimum absolute atomic E-state index is 0.209. The lowest BCUT2D eigenvalue weighted by atomic mass is 10.3. The van der Waals surface area contributed by atoms with Crippen molar-refractivity contribution in [3.8, 4) is 0 Å². The van der Waals surface area contributed by atoms with Gasteiger partial charge in [-0.25, -0.2) is 8.78 Å². The number of hydrogen-bond donors (Lipinski definition) is 1. The number of anilines is 1. The molecule has 0 saturated carbocycles. The fraction of sp³-hybridized carbons (Fsp3) is 0.0909. The summed E-state index contributed by atoms with van der Waals surface area (Å²) in [5.74, 6) is -1.28. The molecule has 17 heavy (non-hydrogen) atoms. The van der Waals surface area contributed by atoms with Gasteiger partial charge >= 0.3 is 0 Å². The molecule has 0 aliphatic carbocycles. The fourth-order valence-electron chi connectivity index (χ4n) is 1.27. The summed E-state index contributed by atoms with van der Waals surface area (Å²) in [4.78, 5) is 7.92. The molecule has 0 saturated heterocycles. The van der Waals surface area contributed by atoms with Crippen molar-refractivity contribution in [2.24, 2.45) is 0 Å². The average molecular weight is 300 g/mol. The molecule has 0 aliphatic heterocycles. The molecule has 0 radical (unpaired) electrons. The maximum Gasteiger partial charge on any atom is 0.149 e. The second kappa shape index (κ2) is 5.18. The Kier molecular flexibility index (Phi) is 3.63. The maximum absolute atomic E-state index is 13.4. The van der Waals surface area contributed by atoms with Gasteiger partial charge in [0.05, 0.1) is 28.6 Å². The van der Waals surface area contributed by atoms with E-state index in [0.29, 0.717) is 12.2 Å². The van der Waals surface area contributed by atoms with Gasteiger partial charge in [-0.2, -0.15) is 0 Å². The van der Waals surface area contributed by atoms with Crippen LogP contribution in [0.5, 0.6) is 0 Å². The third kappa shape index (κ3) is 2.97. The summed E-state index contributed by atoms with van der Waals surface area (Å²) < 4.78 is 26.6. The van der Waals surface area contributed by atoms with E-state index < -0.39 is 11.6 Å². The van der Waals surface area contributed by atoms with Crippen LogP contribution in [-0.2, 0) is 6.54 Å². The Labute approximate surface area is 105 Å². The number of aromatic nitrogens is 2. The molecule has 0 aliphatic rings. The van der Waals surface area contributed by atoms with E-state index in [0.717, 1.165) is 6.07 Å².